The van der Waals surface area contributed by atoms with Gasteiger partial charge in [0.05, 0.1) is 0 Å². The molecule has 0 nitrogen and oxygen atoms in total. The van der Waals surface area contributed by atoms with E-state index in [4.69, 9.17) is 0 Å². The van der Waals surface area contributed by atoms with Gasteiger partial charge >= 0.3 is 0 Å². The second kappa shape index (κ2) is 3.35. The van der Waals surface area contributed by atoms with Crippen LogP contribution in [0.2, 0.25) is 0 Å². The topological polar surface area (TPSA) is 0 Å². The maximum Gasteiger partial charge on any atom is -0.00848 e. The molecule has 0 heterocycles. The molecule has 0 N–H and O–H groups in total. The Morgan fingerprint density at radius 1 is 1.06 bits per heavy atom. The lowest BCUT2D eigenvalue weighted by Gasteiger charge is -2.22. The number of allylic oxidation sites excluding steroid dienone is 2. The number of aryl methyl sites for hydroxylation is 2. The fourth-order valence-electron chi connectivity index (χ4n) is 2.57. The highest BCUT2D eigenvalue weighted by atomic mass is 14.3. The Labute approximate surface area is 98.7 Å². The zero-order valence-electron chi connectivity index (χ0n) is 10.9. The molecule has 0 aliphatic heterocycles. The van der Waals surface area contributed by atoms with Crippen molar-refractivity contribution in [2.75, 3.05) is 0 Å². The second-order valence-electron chi connectivity index (χ2n) is 5.83. The Morgan fingerprint density at radius 3 is 2.25 bits per heavy atom. The monoisotopic (exact) mass is 212 g/mol. The molecule has 1 aromatic carbocycles. The van der Waals surface area contributed by atoms with Gasteiger partial charge in [-0.05, 0) is 53.2 Å². The minimum absolute atomic E-state index is 0.177. The summed E-state index contributed by atoms with van der Waals surface area (Å²) in [5.74, 6) is 0. The Kier molecular flexibility index (Phi) is 2.34. The molecule has 2 rings (SSSR count). The number of fused-ring (bicyclic) bond motifs is 1. The quantitative estimate of drug-likeness (QED) is 0.581. The molecular formula is C16H20. The van der Waals surface area contributed by atoms with E-state index in [-0.39, 0.29) is 5.41 Å². The van der Waals surface area contributed by atoms with E-state index in [2.05, 4.69) is 59.4 Å². The maximum atomic E-state index is 4.27. The fourth-order valence-corrected chi connectivity index (χ4v) is 2.57. The van der Waals surface area contributed by atoms with E-state index in [9.17, 15) is 0 Å². The molecule has 1 aliphatic rings. The minimum Gasteiger partial charge on any atom is -0.0908 e. The van der Waals surface area contributed by atoms with Crippen LogP contribution in [-0.4, -0.2) is 0 Å². The van der Waals surface area contributed by atoms with Gasteiger partial charge in [-0.3, -0.25) is 0 Å². The van der Waals surface area contributed by atoms with Crippen LogP contribution in [0.5, 0.6) is 0 Å². The average molecular weight is 212 g/mol. The lowest BCUT2D eigenvalue weighted by atomic mass is 9.82. The van der Waals surface area contributed by atoms with E-state index in [0.29, 0.717) is 0 Å². The van der Waals surface area contributed by atoms with Crippen molar-refractivity contribution in [2.24, 2.45) is 5.41 Å². The third-order valence-electron chi connectivity index (χ3n) is 3.25. The number of rotatable bonds is 0. The van der Waals surface area contributed by atoms with Gasteiger partial charge in [-0.2, -0.15) is 0 Å². The molecule has 0 radical (unpaired) electrons. The fraction of sp³-hybridized carbons (Fsp3) is 0.375. The largest absolute Gasteiger partial charge is 0.0908 e. The van der Waals surface area contributed by atoms with E-state index in [0.717, 1.165) is 0 Å². The molecule has 0 saturated carbocycles. The predicted octanol–water partition coefficient (Wildman–Crippen LogP) is 4.76. The third kappa shape index (κ3) is 1.63. The summed E-state index contributed by atoms with van der Waals surface area (Å²) in [6.07, 6.45) is 2.30. The lowest BCUT2D eigenvalue weighted by molar-refractivity contribution is 0.525. The minimum atomic E-state index is 0.177. The summed E-state index contributed by atoms with van der Waals surface area (Å²) in [6.45, 7) is 15.3. The van der Waals surface area contributed by atoms with Crippen LogP contribution in [0.25, 0.3) is 11.6 Å². The Bertz CT molecular complexity index is 494. The summed E-state index contributed by atoms with van der Waals surface area (Å²) >= 11 is 0. The summed E-state index contributed by atoms with van der Waals surface area (Å²) in [6, 6.07) is 4.50. The van der Waals surface area contributed by atoms with Gasteiger partial charge in [0.25, 0.3) is 0 Å². The summed E-state index contributed by atoms with van der Waals surface area (Å²) < 4.78 is 0. The molecule has 84 valence electrons. The van der Waals surface area contributed by atoms with Gasteiger partial charge in [0.1, 0.15) is 0 Å². The van der Waals surface area contributed by atoms with Crippen LogP contribution in [0.1, 0.15) is 43.0 Å². The van der Waals surface area contributed by atoms with Crippen molar-refractivity contribution in [1.82, 2.24) is 0 Å². The van der Waals surface area contributed by atoms with E-state index in [1.807, 2.05) is 0 Å². The van der Waals surface area contributed by atoms with Crippen molar-refractivity contribution in [2.45, 2.75) is 34.6 Å². The number of hydrogen-bond acceptors (Lipinski definition) is 0. The van der Waals surface area contributed by atoms with E-state index in [1.165, 1.54) is 33.4 Å². The number of hydrogen-bond donors (Lipinski definition) is 0. The molecule has 0 heteroatoms. The van der Waals surface area contributed by atoms with Crippen LogP contribution in [0.15, 0.2) is 24.3 Å². The highest BCUT2D eigenvalue weighted by Gasteiger charge is 2.27. The maximum absolute atomic E-state index is 4.27. The third-order valence-corrected chi connectivity index (χ3v) is 3.25. The molecular weight excluding hydrogens is 192 g/mol. The Balaban J connectivity index is 2.62. The predicted molar refractivity (Wildman–Crippen MR) is 72.4 cm³/mol. The van der Waals surface area contributed by atoms with Gasteiger partial charge in [0.2, 0.25) is 0 Å². The Morgan fingerprint density at radius 2 is 1.69 bits per heavy atom. The van der Waals surface area contributed by atoms with Gasteiger partial charge < -0.3 is 0 Å². The molecule has 0 amide bonds. The van der Waals surface area contributed by atoms with Crippen molar-refractivity contribution in [3.8, 4) is 0 Å². The first kappa shape index (κ1) is 11.2. The summed E-state index contributed by atoms with van der Waals surface area (Å²) in [5.41, 5.74) is 8.11. The van der Waals surface area contributed by atoms with E-state index < -0.39 is 0 Å². The second-order valence-corrected chi connectivity index (χ2v) is 5.83. The van der Waals surface area contributed by atoms with Crippen LogP contribution in [-0.2, 0) is 0 Å². The smallest absolute Gasteiger partial charge is 0.00848 e. The highest BCUT2D eigenvalue weighted by molar-refractivity contribution is 5.95. The molecule has 0 saturated heterocycles. The standard InChI is InChI=1S/C16H20/c1-10-7-11(2)15-12(3)14(16(4,5)6)9-13(15)8-10/h7-9H,3H2,1-2,4-6H3. The Hall–Kier alpha value is -1.30. The van der Waals surface area contributed by atoms with Crippen molar-refractivity contribution in [3.63, 3.8) is 0 Å². The number of benzene rings is 1. The van der Waals surface area contributed by atoms with Crippen LogP contribution >= 0.6 is 0 Å². The van der Waals surface area contributed by atoms with Crippen LogP contribution in [0, 0.1) is 19.3 Å². The molecule has 1 aromatic rings. The first-order valence-electron chi connectivity index (χ1n) is 5.84. The van der Waals surface area contributed by atoms with E-state index in [1.54, 1.807) is 0 Å². The molecule has 16 heavy (non-hydrogen) atoms. The molecule has 0 unspecified atom stereocenters. The molecule has 0 spiro atoms. The van der Waals surface area contributed by atoms with Gasteiger partial charge in [0, 0.05) is 0 Å². The first-order chi connectivity index (χ1) is 7.30. The lowest BCUT2D eigenvalue weighted by Crippen LogP contribution is -2.08. The highest BCUT2D eigenvalue weighted by Crippen LogP contribution is 2.44. The SMILES string of the molecule is C=C1C(C(C)(C)C)=Cc2cc(C)cc(C)c21. The zero-order valence-corrected chi connectivity index (χ0v) is 10.9. The summed E-state index contributed by atoms with van der Waals surface area (Å²) in [4.78, 5) is 0. The average Bonchev–Trinajstić information content (AvgIpc) is 2.41. The van der Waals surface area contributed by atoms with Crippen molar-refractivity contribution in [1.29, 1.82) is 0 Å². The molecule has 0 atom stereocenters. The van der Waals surface area contributed by atoms with Crippen molar-refractivity contribution < 1.29 is 0 Å². The van der Waals surface area contributed by atoms with Crippen molar-refractivity contribution >= 4 is 11.6 Å². The van der Waals surface area contributed by atoms with E-state index >= 15 is 0 Å². The summed E-state index contributed by atoms with van der Waals surface area (Å²) in [5, 5.41) is 0. The normalized spacial score (nSPS) is 15.1. The van der Waals surface area contributed by atoms with Crippen LogP contribution in [0.4, 0.5) is 0 Å². The summed E-state index contributed by atoms with van der Waals surface area (Å²) in [7, 11) is 0. The van der Waals surface area contributed by atoms with Gasteiger partial charge in [0.15, 0.2) is 0 Å². The van der Waals surface area contributed by atoms with Gasteiger partial charge in [-0.25, -0.2) is 0 Å². The van der Waals surface area contributed by atoms with Crippen molar-refractivity contribution in [3.05, 3.63) is 46.5 Å². The van der Waals surface area contributed by atoms with Gasteiger partial charge in [-0.1, -0.05) is 45.0 Å². The molecule has 0 bridgehead atoms. The first-order valence-corrected chi connectivity index (χ1v) is 5.84. The van der Waals surface area contributed by atoms with Gasteiger partial charge in [-0.15, -0.1) is 0 Å². The molecule has 0 aromatic heterocycles. The van der Waals surface area contributed by atoms with Crippen LogP contribution in [0.3, 0.4) is 0 Å². The molecule has 0 fully saturated rings. The van der Waals surface area contributed by atoms with Crippen LogP contribution < -0.4 is 0 Å². The molecule has 1 aliphatic carbocycles. The zero-order chi connectivity index (χ0) is 12.1.